The number of benzene rings is 1. The van der Waals surface area contributed by atoms with Gasteiger partial charge in [-0.15, -0.1) is 0 Å². The zero-order valence-corrected chi connectivity index (χ0v) is 11.8. The monoisotopic (exact) mass is 265 g/mol. The maximum atomic E-state index is 9.24. The van der Waals surface area contributed by atoms with Crippen molar-refractivity contribution < 1.29 is 0 Å². The van der Waals surface area contributed by atoms with E-state index >= 15 is 0 Å². The van der Waals surface area contributed by atoms with Gasteiger partial charge in [-0.1, -0.05) is 12.1 Å². The standard InChI is InChI=1S/C15H15N5/c1-11-14(9-17)15(20(3)18-11)19(2)10-13-6-4-5-12(7-13)8-16/h4-7H,10H2,1-3H3. The molecule has 0 aliphatic carbocycles. The van der Waals surface area contributed by atoms with E-state index in [1.807, 2.05) is 44.1 Å². The largest absolute Gasteiger partial charge is 0.354 e. The van der Waals surface area contributed by atoms with E-state index in [0.29, 0.717) is 17.7 Å². The van der Waals surface area contributed by atoms with Crippen LogP contribution in [-0.2, 0) is 13.6 Å². The Morgan fingerprint density at radius 3 is 2.70 bits per heavy atom. The molecule has 5 nitrogen and oxygen atoms in total. The molecule has 0 aliphatic rings. The summed E-state index contributed by atoms with van der Waals surface area (Å²) in [6.07, 6.45) is 0. The fourth-order valence-corrected chi connectivity index (χ4v) is 2.30. The van der Waals surface area contributed by atoms with E-state index in [1.165, 1.54) is 0 Å². The normalized spacial score (nSPS) is 9.85. The zero-order valence-electron chi connectivity index (χ0n) is 11.8. The molecule has 0 bridgehead atoms. The summed E-state index contributed by atoms with van der Waals surface area (Å²) in [7, 11) is 3.74. The molecular formula is C15H15N5. The van der Waals surface area contributed by atoms with Crippen molar-refractivity contribution in [3.63, 3.8) is 0 Å². The lowest BCUT2D eigenvalue weighted by Gasteiger charge is -2.19. The molecule has 2 aromatic rings. The Morgan fingerprint density at radius 2 is 2.05 bits per heavy atom. The zero-order chi connectivity index (χ0) is 14.7. The van der Waals surface area contributed by atoms with Crippen LogP contribution in [-0.4, -0.2) is 16.8 Å². The van der Waals surface area contributed by atoms with Crippen molar-refractivity contribution in [3.8, 4) is 12.1 Å². The minimum Gasteiger partial charge on any atom is -0.354 e. The number of hydrogen-bond acceptors (Lipinski definition) is 4. The van der Waals surface area contributed by atoms with E-state index in [2.05, 4.69) is 17.2 Å². The van der Waals surface area contributed by atoms with Crippen LogP contribution in [0, 0.1) is 29.6 Å². The summed E-state index contributed by atoms with van der Waals surface area (Å²) < 4.78 is 1.71. The lowest BCUT2D eigenvalue weighted by molar-refractivity contribution is 0.726. The Balaban J connectivity index is 2.31. The van der Waals surface area contributed by atoms with E-state index in [0.717, 1.165) is 17.1 Å². The van der Waals surface area contributed by atoms with Gasteiger partial charge in [0.25, 0.3) is 0 Å². The van der Waals surface area contributed by atoms with E-state index in [-0.39, 0.29) is 0 Å². The van der Waals surface area contributed by atoms with E-state index in [1.54, 1.807) is 10.7 Å². The van der Waals surface area contributed by atoms with Gasteiger partial charge in [0, 0.05) is 20.6 Å². The maximum Gasteiger partial charge on any atom is 0.145 e. The van der Waals surface area contributed by atoms with Gasteiger partial charge in [-0.25, -0.2) is 0 Å². The summed E-state index contributed by atoms with van der Waals surface area (Å²) in [5.74, 6) is 0.785. The van der Waals surface area contributed by atoms with Gasteiger partial charge in [0.15, 0.2) is 0 Å². The first kappa shape index (κ1) is 13.6. The molecule has 20 heavy (non-hydrogen) atoms. The molecule has 1 heterocycles. The molecule has 0 unspecified atom stereocenters. The fourth-order valence-electron chi connectivity index (χ4n) is 2.30. The van der Waals surface area contributed by atoms with Gasteiger partial charge >= 0.3 is 0 Å². The predicted molar refractivity (Wildman–Crippen MR) is 75.9 cm³/mol. The average molecular weight is 265 g/mol. The van der Waals surface area contributed by atoms with Crippen molar-refractivity contribution in [2.24, 2.45) is 7.05 Å². The van der Waals surface area contributed by atoms with Gasteiger partial charge < -0.3 is 4.90 Å². The second-order valence-corrected chi connectivity index (χ2v) is 4.69. The molecule has 0 amide bonds. The van der Waals surface area contributed by atoms with Crippen LogP contribution in [0.4, 0.5) is 5.82 Å². The Bertz CT molecular complexity index is 715. The SMILES string of the molecule is Cc1nn(C)c(N(C)Cc2cccc(C#N)c2)c1C#N. The summed E-state index contributed by atoms with van der Waals surface area (Å²) in [6.45, 7) is 2.44. The van der Waals surface area contributed by atoms with Gasteiger partial charge in [0.1, 0.15) is 17.5 Å². The van der Waals surface area contributed by atoms with Crippen molar-refractivity contribution in [2.45, 2.75) is 13.5 Å². The quantitative estimate of drug-likeness (QED) is 0.852. The first-order valence-corrected chi connectivity index (χ1v) is 6.20. The molecule has 1 aromatic heterocycles. The minimum atomic E-state index is 0.589. The molecule has 0 atom stereocenters. The number of nitriles is 2. The van der Waals surface area contributed by atoms with Gasteiger partial charge in [-0.3, -0.25) is 4.68 Å². The number of nitrogens with zero attached hydrogens (tertiary/aromatic N) is 5. The van der Waals surface area contributed by atoms with Crippen molar-refractivity contribution >= 4 is 5.82 Å². The van der Waals surface area contributed by atoms with Crippen LogP contribution in [0.5, 0.6) is 0 Å². The van der Waals surface area contributed by atoms with Crippen LogP contribution < -0.4 is 4.90 Å². The minimum absolute atomic E-state index is 0.589. The highest BCUT2D eigenvalue weighted by Gasteiger charge is 2.16. The third-order valence-electron chi connectivity index (χ3n) is 3.14. The van der Waals surface area contributed by atoms with E-state index in [9.17, 15) is 5.26 Å². The molecule has 0 radical (unpaired) electrons. The van der Waals surface area contributed by atoms with Gasteiger partial charge in [-0.05, 0) is 24.6 Å². The summed E-state index contributed by atoms with van der Waals surface area (Å²) in [5.41, 5.74) is 2.97. The number of aromatic nitrogens is 2. The van der Waals surface area contributed by atoms with Gasteiger partial charge in [0.2, 0.25) is 0 Å². The summed E-state index contributed by atoms with van der Waals surface area (Å²) >= 11 is 0. The van der Waals surface area contributed by atoms with E-state index < -0.39 is 0 Å². The predicted octanol–water partition coefficient (Wildman–Crippen LogP) is 2.11. The smallest absolute Gasteiger partial charge is 0.145 e. The molecule has 100 valence electrons. The highest BCUT2D eigenvalue weighted by molar-refractivity contribution is 5.56. The summed E-state index contributed by atoms with van der Waals surface area (Å²) in [4.78, 5) is 1.97. The molecule has 5 heteroatoms. The molecule has 2 rings (SSSR count). The number of anilines is 1. The van der Waals surface area contributed by atoms with Gasteiger partial charge in [-0.2, -0.15) is 15.6 Å². The third-order valence-corrected chi connectivity index (χ3v) is 3.14. The van der Waals surface area contributed by atoms with Crippen LogP contribution in [0.25, 0.3) is 0 Å². The van der Waals surface area contributed by atoms with Crippen molar-refractivity contribution in [1.82, 2.24) is 9.78 Å². The molecule has 0 saturated heterocycles. The highest BCUT2D eigenvalue weighted by Crippen LogP contribution is 2.22. The lowest BCUT2D eigenvalue weighted by atomic mass is 10.1. The maximum absolute atomic E-state index is 9.24. The Hall–Kier alpha value is -2.79. The topological polar surface area (TPSA) is 68.6 Å². The molecule has 0 fully saturated rings. The first-order chi connectivity index (χ1) is 9.56. The Morgan fingerprint density at radius 1 is 1.30 bits per heavy atom. The lowest BCUT2D eigenvalue weighted by Crippen LogP contribution is -2.20. The average Bonchev–Trinajstić information content (AvgIpc) is 2.72. The van der Waals surface area contributed by atoms with Crippen LogP contribution in [0.15, 0.2) is 24.3 Å². The number of rotatable bonds is 3. The van der Waals surface area contributed by atoms with Crippen molar-refractivity contribution in [1.29, 1.82) is 10.5 Å². The van der Waals surface area contributed by atoms with Crippen LogP contribution in [0.3, 0.4) is 0 Å². The fraction of sp³-hybridized carbons (Fsp3) is 0.267. The van der Waals surface area contributed by atoms with Crippen LogP contribution in [0.1, 0.15) is 22.4 Å². The molecule has 0 spiro atoms. The summed E-state index contributed by atoms with van der Waals surface area (Å²) in [6, 6.07) is 11.8. The number of aryl methyl sites for hydroxylation is 2. The third kappa shape index (κ3) is 2.48. The van der Waals surface area contributed by atoms with Gasteiger partial charge in [0.05, 0.1) is 17.3 Å². The highest BCUT2D eigenvalue weighted by atomic mass is 15.4. The molecule has 0 aliphatic heterocycles. The molecule has 0 N–H and O–H groups in total. The molecule has 1 aromatic carbocycles. The second kappa shape index (κ2) is 5.46. The van der Waals surface area contributed by atoms with Crippen LogP contribution in [0.2, 0.25) is 0 Å². The summed E-state index contributed by atoms with van der Waals surface area (Å²) in [5, 5.41) is 22.4. The van der Waals surface area contributed by atoms with Crippen molar-refractivity contribution in [2.75, 3.05) is 11.9 Å². The number of hydrogen-bond donors (Lipinski definition) is 0. The van der Waals surface area contributed by atoms with Crippen LogP contribution >= 0.6 is 0 Å². The van der Waals surface area contributed by atoms with Crippen molar-refractivity contribution in [3.05, 3.63) is 46.6 Å². The molecule has 0 saturated carbocycles. The van der Waals surface area contributed by atoms with E-state index in [4.69, 9.17) is 5.26 Å². The second-order valence-electron chi connectivity index (χ2n) is 4.69. The Kier molecular flexibility index (Phi) is 3.72. The molecular weight excluding hydrogens is 250 g/mol. The Labute approximate surface area is 118 Å². The first-order valence-electron chi connectivity index (χ1n) is 6.20.